The van der Waals surface area contributed by atoms with Gasteiger partial charge in [0, 0.05) is 17.9 Å². The summed E-state index contributed by atoms with van der Waals surface area (Å²) in [6.07, 6.45) is 0.868. The Kier molecular flexibility index (Phi) is 10.8. The Morgan fingerprint density at radius 1 is 0.931 bits per heavy atom. The minimum atomic E-state index is -1.28. The number of aliphatic carboxylic acids is 2. The van der Waals surface area contributed by atoms with Gasteiger partial charge in [0.05, 0.1) is 6.04 Å². The lowest BCUT2D eigenvalue weighted by Gasteiger charge is -2.24. The summed E-state index contributed by atoms with van der Waals surface area (Å²) < 4.78 is 0. The van der Waals surface area contributed by atoms with Crippen LogP contribution in [-0.4, -0.2) is 82.1 Å². The zero-order valence-corrected chi connectivity index (χ0v) is 17.4. The van der Waals surface area contributed by atoms with Crippen LogP contribution in [-0.2, 0) is 24.0 Å². The van der Waals surface area contributed by atoms with Gasteiger partial charge in [0.25, 0.3) is 0 Å². The van der Waals surface area contributed by atoms with E-state index in [1.54, 1.807) is 0 Å². The third-order valence-electron chi connectivity index (χ3n) is 4.27. The first-order valence-electron chi connectivity index (χ1n) is 9.00. The van der Waals surface area contributed by atoms with Crippen molar-refractivity contribution in [2.75, 3.05) is 18.1 Å². The molecule has 6 N–H and O–H groups in total. The summed E-state index contributed by atoms with van der Waals surface area (Å²) >= 11 is 7.84. The molecule has 0 aromatic rings. The standard InChI is InChI=1S/C16H26N4O7S2/c21-12(22)4-3-9(18-13(23)8-2-1-5-17-8)14(24)19-10(6-28)15(25)20-11(7-29)16(26)27/h8-11,17,28-29H,1-7H2,(H,18,23)(H,19,24)(H,20,25)(H,21,22)(H,26,27). The van der Waals surface area contributed by atoms with Crippen molar-refractivity contribution in [2.45, 2.75) is 49.9 Å². The molecule has 13 heteroatoms. The highest BCUT2D eigenvalue weighted by atomic mass is 32.1. The Morgan fingerprint density at radius 3 is 2.00 bits per heavy atom. The number of hydrogen-bond acceptors (Lipinski definition) is 8. The second-order valence-electron chi connectivity index (χ2n) is 6.47. The molecule has 0 spiro atoms. The lowest BCUT2D eigenvalue weighted by atomic mass is 10.1. The number of carbonyl (C=O) groups excluding carboxylic acids is 3. The van der Waals surface area contributed by atoms with Gasteiger partial charge < -0.3 is 31.5 Å². The number of nitrogens with one attached hydrogen (secondary N) is 4. The van der Waals surface area contributed by atoms with Crippen molar-refractivity contribution in [3.8, 4) is 0 Å². The van der Waals surface area contributed by atoms with Crippen LogP contribution in [0.4, 0.5) is 0 Å². The largest absolute Gasteiger partial charge is 0.481 e. The highest BCUT2D eigenvalue weighted by Gasteiger charge is 2.31. The summed E-state index contributed by atoms with van der Waals surface area (Å²) in [5.74, 6) is -4.69. The van der Waals surface area contributed by atoms with Crippen LogP contribution in [0.1, 0.15) is 25.7 Å². The zero-order chi connectivity index (χ0) is 22.0. The topological polar surface area (TPSA) is 174 Å². The van der Waals surface area contributed by atoms with Crippen LogP contribution in [0.2, 0.25) is 0 Å². The van der Waals surface area contributed by atoms with Crippen LogP contribution >= 0.6 is 25.3 Å². The third-order valence-corrected chi connectivity index (χ3v) is 5.00. The van der Waals surface area contributed by atoms with Gasteiger partial charge in [-0.1, -0.05) is 0 Å². The van der Waals surface area contributed by atoms with E-state index in [4.69, 9.17) is 10.2 Å². The van der Waals surface area contributed by atoms with Crippen molar-refractivity contribution >= 4 is 54.9 Å². The number of thiol groups is 2. The van der Waals surface area contributed by atoms with E-state index >= 15 is 0 Å². The molecule has 0 saturated carbocycles. The first-order valence-corrected chi connectivity index (χ1v) is 10.3. The number of amides is 3. The van der Waals surface area contributed by atoms with Crippen LogP contribution < -0.4 is 21.3 Å². The Bertz CT molecular complexity index is 628. The molecule has 29 heavy (non-hydrogen) atoms. The lowest BCUT2D eigenvalue weighted by Crippen LogP contribution is -2.57. The molecule has 1 fully saturated rings. The van der Waals surface area contributed by atoms with Gasteiger partial charge in [-0.3, -0.25) is 19.2 Å². The van der Waals surface area contributed by atoms with Crippen LogP contribution in [0, 0.1) is 0 Å². The second kappa shape index (κ2) is 12.5. The van der Waals surface area contributed by atoms with Gasteiger partial charge >= 0.3 is 11.9 Å². The maximum absolute atomic E-state index is 12.6. The van der Waals surface area contributed by atoms with Crippen molar-refractivity contribution in [3.05, 3.63) is 0 Å². The molecule has 0 aromatic heterocycles. The highest BCUT2D eigenvalue weighted by molar-refractivity contribution is 7.80. The Labute approximate surface area is 178 Å². The van der Waals surface area contributed by atoms with E-state index in [2.05, 4.69) is 46.5 Å². The van der Waals surface area contributed by atoms with E-state index in [1.165, 1.54) is 0 Å². The van der Waals surface area contributed by atoms with E-state index in [0.29, 0.717) is 13.0 Å². The maximum atomic E-state index is 12.6. The molecule has 0 bridgehead atoms. The Balaban J connectivity index is 2.78. The lowest BCUT2D eigenvalue weighted by molar-refractivity contribution is -0.141. The first-order chi connectivity index (χ1) is 13.7. The Hall–Kier alpha value is -1.99. The fourth-order valence-electron chi connectivity index (χ4n) is 2.64. The average molecular weight is 451 g/mol. The summed E-state index contributed by atoms with van der Waals surface area (Å²) in [4.78, 5) is 59.0. The summed E-state index contributed by atoms with van der Waals surface area (Å²) in [5.41, 5.74) is 0. The SMILES string of the molecule is O=C(O)CCC(NC(=O)C1CCCN1)C(=O)NC(CS)C(=O)NC(CS)C(=O)O. The number of carboxylic acid groups (broad SMARTS) is 2. The molecular weight excluding hydrogens is 424 g/mol. The zero-order valence-electron chi connectivity index (χ0n) is 15.6. The van der Waals surface area contributed by atoms with Crippen LogP contribution in [0.25, 0.3) is 0 Å². The molecule has 1 saturated heterocycles. The summed E-state index contributed by atoms with van der Waals surface area (Å²) in [6, 6.07) is -4.07. The van der Waals surface area contributed by atoms with Crippen molar-refractivity contribution in [3.63, 3.8) is 0 Å². The molecule has 1 aliphatic rings. The van der Waals surface area contributed by atoms with Crippen molar-refractivity contribution < 1.29 is 34.2 Å². The molecular formula is C16H26N4O7S2. The van der Waals surface area contributed by atoms with E-state index < -0.39 is 53.8 Å². The smallest absolute Gasteiger partial charge is 0.327 e. The predicted octanol–water partition coefficient (Wildman–Crippen LogP) is -2.00. The number of rotatable bonds is 12. The predicted molar refractivity (Wildman–Crippen MR) is 109 cm³/mol. The van der Waals surface area contributed by atoms with E-state index in [1.807, 2.05) is 0 Å². The van der Waals surface area contributed by atoms with Crippen LogP contribution in [0.3, 0.4) is 0 Å². The average Bonchev–Trinajstić information content (AvgIpc) is 3.21. The third kappa shape index (κ3) is 8.50. The molecule has 3 amide bonds. The van der Waals surface area contributed by atoms with Gasteiger partial charge in [-0.2, -0.15) is 25.3 Å². The second-order valence-corrected chi connectivity index (χ2v) is 7.20. The number of carboxylic acids is 2. The minimum absolute atomic E-state index is 0.139. The number of hydrogen-bond donors (Lipinski definition) is 8. The minimum Gasteiger partial charge on any atom is -0.481 e. The van der Waals surface area contributed by atoms with Gasteiger partial charge in [0.1, 0.15) is 18.1 Å². The molecule has 4 unspecified atom stereocenters. The highest BCUT2D eigenvalue weighted by Crippen LogP contribution is 2.07. The normalized spacial score (nSPS) is 18.9. The van der Waals surface area contributed by atoms with E-state index in [9.17, 15) is 24.0 Å². The van der Waals surface area contributed by atoms with E-state index in [0.717, 1.165) is 6.42 Å². The molecule has 4 atom stereocenters. The van der Waals surface area contributed by atoms with Crippen molar-refractivity contribution in [2.24, 2.45) is 0 Å². The van der Waals surface area contributed by atoms with Crippen molar-refractivity contribution in [1.82, 2.24) is 21.3 Å². The van der Waals surface area contributed by atoms with Gasteiger partial charge in [-0.25, -0.2) is 4.79 Å². The molecule has 0 aliphatic carbocycles. The summed E-state index contributed by atoms with van der Waals surface area (Å²) in [7, 11) is 0. The molecule has 164 valence electrons. The fraction of sp³-hybridized carbons (Fsp3) is 0.688. The van der Waals surface area contributed by atoms with Crippen LogP contribution in [0.5, 0.6) is 0 Å². The monoisotopic (exact) mass is 450 g/mol. The van der Waals surface area contributed by atoms with Crippen LogP contribution in [0.15, 0.2) is 0 Å². The molecule has 1 rings (SSSR count). The molecule has 0 radical (unpaired) electrons. The number of carbonyl (C=O) groups is 5. The van der Waals surface area contributed by atoms with Gasteiger partial charge in [-0.15, -0.1) is 0 Å². The van der Waals surface area contributed by atoms with E-state index in [-0.39, 0.29) is 24.3 Å². The molecule has 11 nitrogen and oxygen atoms in total. The maximum Gasteiger partial charge on any atom is 0.327 e. The van der Waals surface area contributed by atoms with Crippen molar-refractivity contribution in [1.29, 1.82) is 0 Å². The molecule has 1 aliphatic heterocycles. The summed E-state index contributed by atoms with van der Waals surface area (Å²) in [5, 5.41) is 28.0. The fourth-order valence-corrected chi connectivity index (χ4v) is 3.15. The molecule has 1 heterocycles. The first kappa shape index (κ1) is 25.0. The summed E-state index contributed by atoms with van der Waals surface area (Å²) in [6.45, 7) is 0.669. The quantitative estimate of drug-likeness (QED) is 0.158. The van der Waals surface area contributed by atoms with Gasteiger partial charge in [0.15, 0.2) is 0 Å². The Morgan fingerprint density at radius 2 is 1.52 bits per heavy atom. The van der Waals surface area contributed by atoms with Gasteiger partial charge in [-0.05, 0) is 25.8 Å². The van der Waals surface area contributed by atoms with Gasteiger partial charge in [0.2, 0.25) is 17.7 Å². The molecule has 0 aromatic carbocycles.